The first-order chi connectivity index (χ1) is 11.2. The minimum absolute atomic E-state index is 0.0779. The molecule has 0 saturated carbocycles. The van der Waals surface area contributed by atoms with Crippen LogP contribution in [0.2, 0.25) is 0 Å². The number of benzene rings is 1. The molecule has 0 unspecified atom stereocenters. The molecule has 0 bridgehead atoms. The van der Waals surface area contributed by atoms with Gasteiger partial charge in [0.1, 0.15) is 11.9 Å². The molecule has 1 amide bonds. The van der Waals surface area contributed by atoms with Gasteiger partial charge in [0.25, 0.3) is 0 Å². The van der Waals surface area contributed by atoms with Gasteiger partial charge < -0.3 is 9.88 Å². The van der Waals surface area contributed by atoms with Crippen molar-refractivity contribution in [2.24, 2.45) is 0 Å². The van der Waals surface area contributed by atoms with Gasteiger partial charge in [0, 0.05) is 31.4 Å². The van der Waals surface area contributed by atoms with Crippen LogP contribution in [0.3, 0.4) is 0 Å². The topological polar surface area (TPSA) is 50.2 Å². The lowest BCUT2D eigenvalue weighted by Crippen LogP contribution is -2.46. The molecule has 1 aromatic heterocycles. The van der Waals surface area contributed by atoms with Gasteiger partial charge in [0.2, 0.25) is 5.91 Å². The summed E-state index contributed by atoms with van der Waals surface area (Å²) in [7, 11) is 1.99. The van der Waals surface area contributed by atoms with Crippen LogP contribution in [0.15, 0.2) is 42.7 Å². The molecule has 1 N–H and O–H groups in total. The molecule has 122 valence electrons. The molecule has 23 heavy (non-hydrogen) atoms. The van der Waals surface area contributed by atoms with Gasteiger partial charge in [-0.05, 0) is 25.6 Å². The lowest BCUT2D eigenvalue weighted by atomic mass is 10.0. The number of aryl methyl sites for hydroxylation is 1. The minimum atomic E-state index is -0.245. The molecule has 1 aliphatic heterocycles. The van der Waals surface area contributed by atoms with E-state index >= 15 is 0 Å². The lowest BCUT2D eigenvalue weighted by Gasteiger charge is -2.30. The number of hydrogen-bond donors (Lipinski definition) is 1. The van der Waals surface area contributed by atoms with Gasteiger partial charge in [-0.1, -0.05) is 37.3 Å². The highest BCUT2D eigenvalue weighted by molar-refractivity contribution is 5.83. The highest BCUT2D eigenvalue weighted by Gasteiger charge is 2.27. The molecule has 5 heteroatoms. The van der Waals surface area contributed by atoms with Crippen LogP contribution in [-0.2, 0) is 17.8 Å². The molecular formula is C18H24N4O. The summed E-state index contributed by atoms with van der Waals surface area (Å²) in [4.78, 5) is 19.3. The van der Waals surface area contributed by atoms with Crippen LogP contribution < -0.4 is 5.32 Å². The second-order valence-electron chi connectivity index (χ2n) is 6.13. The van der Waals surface area contributed by atoms with Crippen molar-refractivity contribution in [1.29, 1.82) is 0 Å². The number of likely N-dealkylation sites (N-methyl/N-ethyl adjacent to an activating group) is 1. The van der Waals surface area contributed by atoms with Crippen molar-refractivity contribution in [2.45, 2.75) is 38.4 Å². The Labute approximate surface area is 137 Å². The number of carbonyl (C=O) groups excluding carboxylic acids is 1. The number of amides is 1. The van der Waals surface area contributed by atoms with Crippen molar-refractivity contribution >= 4 is 5.91 Å². The maximum Gasteiger partial charge on any atom is 0.242 e. The first-order valence-electron chi connectivity index (χ1n) is 8.24. The number of nitrogens with one attached hydrogen (secondary N) is 1. The summed E-state index contributed by atoms with van der Waals surface area (Å²) in [5, 5.41) is 3.23. The number of rotatable bonds is 5. The van der Waals surface area contributed by atoms with Crippen LogP contribution >= 0.6 is 0 Å². The first-order valence-corrected chi connectivity index (χ1v) is 8.24. The molecule has 2 aromatic rings. The molecule has 0 aliphatic carbocycles. The Morgan fingerprint density at radius 1 is 1.43 bits per heavy atom. The Morgan fingerprint density at radius 3 is 2.96 bits per heavy atom. The zero-order valence-corrected chi connectivity index (χ0v) is 13.8. The quantitative estimate of drug-likeness (QED) is 0.919. The smallest absolute Gasteiger partial charge is 0.242 e. The van der Waals surface area contributed by atoms with Crippen molar-refractivity contribution in [1.82, 2.24) is 19.8 Å². The van der Waals surface area contributed by atoms with Crippen LogP contribution in [0.4, 0.5) is 0 Å². The van der Waals surface area contributed by atoms with Crippen LogP contribution in [0, 0.1) is 0 Å². The molecular weight excluding hydrogens is 288 g/mol. The first kappa shape index (κ1) is 15.7. The van der Waals surface area contributed by atoms with Crippen molar-refractivity contribution in [2.75, 3.05) is 13.6 Å². The highest BCUT2D eigenvalue weighted by atomic mass is 16.2. The fraction of sp³-hybridized carbons (Fsp3) is 0.444. The molecule has 3 rings (SSSR count). The van der Waals surface area contributed by atoms with Gasteiger partial charge >= 0.3 is 0 Å². The molecule has 5 nitrogen and oxygen atoms in total. The van der Waals surface area contributed by atoms with Crippen molar-refractivity contribution in [3.8, 4) is 0 Å². The molecule has 2 atom stereocenters. The van der Waals surface area contributed by atoms with E-state index in [4.69, 9.17) is 0 Å². The second-order valence-corrected chi connectivity index (χ2v) is 6.13. The number of fused-ring (bicyclic) bond motifs is 1. The third-order valence-corrected chi connectivity index (χ3v) is 4.58. The van der Waals surface area contributed by atoms with Crippen molar-refractivity contribution in [3.05, 3.63) is 54.1 Å². The maximum absolute atomic E-state index is 12.9. The summed E-state index contributed by atoms with van der Waals surface area (Å²) in [6, 6.07) is 9.91. The predicted molar refractivity (Wildman–Crippen MR) is 90.0 cm³/mol. The molecule has 2 heterocycles. The summed E-state index contributed by atoms with van der Waals surface area (Å²) in [5.41, 5.74) is 1.04. The summed E-state index contributed by atoms with van der Waals surface area (Å²) in [6.07, 6.45) is 5.68. The fourth-order valence-corrected chi connectivity index (χ4v) is 3.19. The van der Waals surface area contributed by atoms with E-state index in [0.29, 0.717) is 0 Å². The monoisotopic (exact) mass is 312 g/mol. The van der Waals surface area contributed by atoms with E-state index in [1.165, 1.54) is 0 Å². The zero-order chi connectivity index (χ0) is 16.2. The molecule has 0 radical (unpaired) electrons. The van der Waals surface area contributed by atoms with Crippen LogP contribution in [0.5, 0.6) is 0 Å². The van der Waals surface area contributed by atoms with E-state index in [1.54, 1.807) is 0 Å². The Morgan fingerprint density at radius 2 is 2.22 bits per heavy atom. The number of aromatic nitrogens is 2. The lowest BCUT2D eigenvalue weighted by molar-refractivity contribution is -0.127. The van der Waals surface area contributed by atoms with E-state index in [2.05, 4.69) is 26.7 Å². The number of carbonyl (C=O) groups is 1. The minimum Gasteiger partial charge on any atom is -0.350 e. The van der Waals surface area contributed by atoms with E-state index in [-0.39, 0.29) is 18.0 Å². The van der Waals surface area contributed by atoms with Crippen LogP contribution in [0.1, 0.15) is 30.8 Å². The SMILES string of the molecule is CCN(C)[C@H](C(=O)N[C@H]1CCc2nccn2C1)c1ccccc1. The summed E-state index contributed by atoms with van der Waals surface area (Å²) >= 11 is 0. The normalized spacial score (nSPS) is 18.5. The average molecular weight is 312 g/mol. The Balaban J connectivity index is 1.72. The Kier molecular flexibility index (Phi) is 4.76. The molecule has 0 fully saturated rings. The summed E-state index contributed by atoms with van der Waals surface area (Å²) in [6.45, 7) is 3.70. The number of hydrogen-bond acceptors (Lipinski definition) is 3. The van der Waals surface area contributed by atoms with Gasteiger partial charge in [0.15, 0.2) is 0 Å². The van der Waals surface area contributed by atoms with Gasteiger partial charge in [-0.2, -0.15) is 0 Å². The molecule has 0 saturated heterocycles. The van der Waals surface area contributed by atoms with E-state index in [1.807, 2.05) is 49.8 Å². The molecule has 1 aliphatic rings. The predicted octanol–water partition coefficient (Wildman–Crippen LogP) is 2.01. The highest BCUT2D eigenvalue weighted by Crippen LogP contribution is 2.21. The third kappa shape index (κ3) is 3.45. The van der Waals surface area contributed by atoms with Gasteiger partial charge in [-0.15, -0.1) is 0 Å². The van der Waals surface area contributed by atoms with E-state index < -0.39 is 0 Å². The van der Waals surface area contributed by atoms with E-state index in [9.17, 15) is 4.79 Å². The second kappa shape index (κ2) is 6.96. The summed E-state index contributed by atoms with van der Waals surface area (Å²) in [5.74, 6) is 1.19. The summed E-state index contributed by atoms with van der Waals surface area (Å²) < 4.78 is 2.13. The number of imidazole rings is 1. The van der Waals surface area contributed by atoms with E-state index in [0.717, 1.165) is 37.3 Å². The van der Waals surface area contributed by atoms with Gasteiger partial charge in [-0.3, -0.25) is 9.69 Å². The number of nitrogens with zero attached hydrogens (tertiary/aromatic N) is 3. The van der Waals surface area contributed by atoms with Gasteiger partial charge in [0.05, 0.1) is 0 Å². The maximum atomic E-state index is 12.9. The van der Waals surface area contributed by atoms with Crippen molar-refractivity contribution in [3.63, 3.8) is 0 Å². The fourth-order valence-electron chi connectivity index (χ4n) is 3.19. The largest absolute Gasteiger partial charge is 0.350 e. The third-order valence-electron chi connectivity index (χ3n) is 4.58. The standard InChI is InChI=1S/C18H24N4O/c1-3-21(2)17(14-7-5-4-6-8-14)18(23)20-15-9-10-16-19-11-12-22(16)13-15/h4-8,11-12,15,17H,3,9-10,13H2,1-2H3,(H,20,23)/t15-,17-/m0/s1. The Bertz CT molecular complexity index is 652. The average Bonchev–Trinajstić information content (AvgIpc) is 3.03. The van der Waals surface area contributed by atoms with Crippen LogP contribution in [-0.4, -0.2) is 40.0 Å². The molecule has 0 spiro atoms. The Hall–Kier alpha value is -2.14. The molecule has 1 aromatic carbocycles. The van der Waals surface area contributed by atoms with Crippen LogP contribution in [0.25, 0.3) is 0 Å². The van der Waals surface area contributed by atoms with Crippen molar-refractivity contribution < 1.29 is 4.79 Å². The van der Waals surface area contributed by atoms with Gasteiger partial charge in [-0.25, -0.2) is 4.98 Å². The zero-order valence-electron chi connectivity index (χ0n) is 13.8.